The van der Waals surface area contributed by atoms with Gasteiger partial charge in [-0.2, -0.15) is 0 Å². The summed E-state index contributed by atoms with van der Waals surface area (Å²) in [5.74, 6) is -0.997. The van der Waals surface area contributed by atoms with E-state index in [-0.39, 0.29) is 42.0 Å². The maximum absolute atomic E-state index is 12.4. The molecule has 0 bridgehead atoms. The lowest BCUT2D eigenvalue weighted by molar-refractivity contribution is -0.146. The van der Waals surface area contributed by atoms with Gasteiger partial charge in [-0.3, -0.25) is 0 Å². The lowest BCUT2D eigenvalue weighted by Gasteiger charge is -2.10. The van der Waals surface area contributed by atoms with Crippen LogP contribution in [0.1, 0.15) is 25.0 Å². The monoisotopic (exact) mass is 628 g/mol. The number of methoxy groups -OCH3 is 1. The van der Waals surface area contributed by atoms with Gasteiger partial charge in [0.25, 0.3) is 0 Å². The van der Waals surface area contributed by atoms with Gasteiger partial charge >= 0.3 is 23.9 Å². The van der Waals surface area contributed by atoms with Gasteiger partial charge in [0, 0.05) is 29.4 Å². The maximum Gasteiger partial charge on any atom is 0.336 e. The van der Waals surface area contributed by atoms with Crippen molar-refractivity contribution in [3.63, 3.8) is 0 Å². The highest BCUT2D eigenvalue weighted by Gasteiger charge is 2.12. The Balaban J connectivity index is 1.48. The van der Waals surface area contributed by atoms with Crippen LogP contribution in [0.15, 0.2) is 103 Å². The molecule has 0 radical (unpaired) electrons. The van der Waals surface area contributed by atoms with Crippen LogP contribution in [0.25, 0.3) is 12.2 Å². The van der Waals surface area contributed by atoms with Crippen LogP contribution in [0.5, 0.6) is 28.7 Å². The van der Waals surface area contributed by atoms with E-state index in [2.05, 4.69) is 13.2 Å². The van der Waals surface area contributed by atoms with E-state index in [1.54, 1.807) is 60.7 Å². The molecule has 0 saturated carbocycles. The molecule has 11 nitrogen and oxygen atoms in total. The van der Waals surface area contributed by atoms with E-state index in [1.165, 1.54) is 51.3 Å². The molecule has 0 amide bonds. The van der Waals surface area contributed by atoms with Crippen molar-refractivity contribution in [2.24, 2.45) is 0 Å². The Morgan fingerprint density at radius 3 is 1.48 bits per heavy atom. The summed E-state index contributed by atoms with van der Waals surface area (Å²) in [6.07, 6.45) is 5.58. The van der Waals surface area contributed by atoms with Gasteiger partial charge in [0.2, 0.25) is 13.6 Å². The van der Waals surface area contributed by atoms with Crippen LogP contribution in [0.4, 0.5) is 0 Å². The Bertz CT molecular complexity index is 1630. The quantitative estimate of drug-likeness (QED) is 0.0869. The fourth-order valence-electron chi connectivity index (χ4n) is 3.32. The number of rotatable bonds is 15. The van der Waals surface area contributed by atoms with Gasteiger partial charge in [0.15, 0.2) is 11.5 Å². The normalized spacial score (nSPS) is 10.6. The zero-order valence-electron chi connectivity index (χ0n) is 25.5. The molecular formula is C35H32O11. The number of benzene rings is 3. The third-order valence-corrected chi connectivity index (χ3v) is 5.68. The molecule has 11 heteroatoms. The average Bonchev–Trinajstić information content (AvgIpc) is 3.04. The lowest BCUT2D eigenvalue weighted by Crippen LogP contribution is -2.10. The van der Waals surface area contributed by atoms with E-state index >= 15 is 0 Å². The van der Waals surface area contributed by atoms with E-state index in [0.717, 1.165) is 0 Å². The van der Waals surface area contributed by atoms with Gasteiger partial charge < -0.3 is 33.2 Å². The van der Waals surface area contributed by atoms with E-state index in [4.69, 9.17) is 33.2 Å². The molecule has 3 aromatic rings. The molecule has 0 saturated heterocycles. The smallest absolute Gasteiger partial charge is 0.336 e. The fourth-order valence-corrected chi connectivity index (χ4v) is 3.32. The highest BCUT2D eigenvalue weighted by Crippen LogP contribution is 2.31. The van der Waals surface area contributed by atoms with Gasteiger partial charge in [-0.15, -0.1) is 0 Å². The highest BCUT2D eigenvalue weighted by molar-refractivity contribution is 5.90. The fraction of sp³-hybridized carbons (Fsp3) is 0.143. The minimum absolute atomic E-state index is 0.122. The second-order valence-corrected chi connectivity index (χ2v) is 9.41. The van der Waals surface area contributed by atoms with Crippen molar-refractivity contribution in [1.29, 1.82) is 0 Å². The Morgan fingerprint density at radius 1 is 0.609 bits per heavy atom. The minimum atomic E-state index is -0.665. The van der Waals surface area contributed by atoms with E-state index in [1.807, 2.05) is 0 Å². The molecule has 0 aliphatic rings. The highest BCUT2D eigenvalue weighted by atomic mass is 16.7. The standard InChI is InChI=1S/C35H32O11/c1-23(2)34(38)43-21-41-27-12-6-25(7-13-27)10-18-32(36)45-29-16-17-30(31(20-29)40-5)46-33(37)19-11-26-8-14-28(15-9-26)42-22-44-35(39)24(3)4/h6-20H,1,3,21-22H2,2,4-5H3/b18-10+,19-11+. The van der Waals surface area contributed by atoms with Crippen LogP contribution >= 0.6 is 0 Å². The molecule has 0 N–H and O–H groups in total. The number of carbonyl (C=O) groups excluding carboxylic acids is 4. The first-order valence-electron chi connectivity index (χ1n) is 13.6. The van der Waals surface area contributed by atoms with Crippen LogP contribution in [-0.2, 0) is 28.7 Å². The summed E-state index contributed by atoms with van der Waals surface area (Å²) < 4.78 is 36.4. The molecular weight excluding hydrogens is 596 g/mol. The summed E-state index contributed by atoms with van der Waals surface area (Å²) in [4.78, 5) is 47.6. The third-order valence-electron chi connectivity index (χ3n) is 5.68. The summed E-state index contributed by atoms with van der Waals surface area (Å²) >= 11 is 0. The van der Waals surface area contributed by atoms with Gasteiger partial charge in [-0.25, -0.2) is 19.2 Å². The molecule has 0 heterocycles. The summed E-state index contributed by atoms with van der Waals surface area (Å²) in [6, 6.07) is 17.7. The predicted octanol–water partition coefficient (Wildman–Crippen LogP) is 5.84. The SMILES string of the molecule is C=C(C)C(=O)OCOc1ccc(/C=C/C(=O)Oc2ccc(OC(=O)/C=C/c3ccc(OCOC(=O)C(=C)C)cc3)c(OC)c2)cc1. The van der Waals surface area contributed by atoms with Crippen molar-refractivity contribution >= 4 is 36.0 Å². The molecule has 0 aliphatic heterocycles. The Morgan fingerprint density at radius 2 is 1.04 bits per heavy atom. The molecule has 0 spiro atoms. The number of esters is 4. The van der Waals surface area contributed by atoms with Gasteiger partial charge in [-0.1, -0.05) is 37.4 Å². The number of ether oxygens (including phenoxy) is 7. The van der Waals surface area contributed by atoms with Crippen molar-refractivity contribution in [2.45, 2.75) is 13.8 Å². The molecule has 0 fully saturated rings. The third kappa shape index (κ3) is 11.5. The number of hydrogen-bond donors (Lipinski definition) is 0. The van der Waals surface area contributed by atoms with Gasteiger partial charge in [0.1, 0.15) is 17.2 Å². The number of hydrogen-bond acceptors (Lipinski definition) is 11. The van der Waals surface area contributed by atoms with Gasteiger partial charge in [-0.05, 0) is 73.5 Å². The first-order valence-corrected chi connectivity index (χ1v) is 13.6. The van der Waals surface area contributed by atoms with E-state index in [9.17, 15) is 19.2 Å². The first kappa shape index (κ1) is 34.4. The van der Waals surface area contributed by atoms with Crippen LogP contribution in [0, 0.1) is 0 Å². The van der Waals surface area contributed by atoms with E-state index in [0.29, 0.717) is 22.6 Å². The first-order chi connectivity index (χ1) is 22.0. The molecule has 0 aromatic heterocycles. The van der Waals surface area contributed by atoms with Crippen LogP contribution in [0.3, 0.4) is 0 Å². The maximum atomic E-state index is 12.4. The molecule has 0 aliphatic carbocycles. The summed E-state index contributed by atoms with van der Waals surface area (Å²) in [5, 5.41) is 0. The minimum Gasteiger partial charge on any atom is -0.493 e. The Kier molecular flexibility index (Phi) is 12.9. The second-order valence-electron chi connectivity index (χ2n) is 9.41. The Labute approximate surface area is 265 Å². The van der Waals surface area contributed by atoms with Crippen molar-refractivity contribution in [3.05, 3.63) is 114 Å². The Hall–Kier alpha value is -6.10. The molecule has 0 atom stereocenters. The van der Waals surface area contributed by atoms with Crippen molar-refractivity contribution in [1.82, 2.24) is 0 Å². The van der Waals surface area contributed by atoms with Crippen molar-refractivity contribution in [3.8, 4) is 28.7 Å². The van der Waals surface area contributed by atoms with Crippen LogP contribution < -0.4 is 23.7 Å². The summed E-state index contributed by atoms with van der Waals surface area (Å²) in [6.45, 7) is 9.54. The lowest BCUT2D eigenvalue weighted by atomic mass is 10.2. The summed E-state index contributed by atoms with van der Waals surface area (Å²) in [7, 11) is 1.38. The largest absolute Gasteiger partial charge is 0.493 e. The van der Waals surface area contributed by atoms with Crippen LogP contribution in [0.2, 0.25) is 0 Å². The molecule has 3 aromatic carbocycles. The van der Waals surface area contributed by atoms with E-state index < -0.39 is 23.9 Å². The molecule has 46 heavy (non-hydrogen) atoms. The van der Waals surface area contributed by atoms with Crippen molar-refractivity contribution < 1.29 is 52.3 Å². The van der Waals surface area contributed by atoms with Crippen molar-refractivity contribution in [2.75, 3.05) is 20.7 Å². The molecule has 0 unspecified atom stereocenters. The van der Waals surface area contributed by atoms with Crippen LogP contribution in [-0.4, -0.2) is 44.6 Å². The topological polar surface area (TPSA) is 133 Å². The number of carbonyl (C=O) groups is 4. The zero-order valence-corrected chi connectivity index (χ0v) is 25.5. The molecule has 3 rings (SSSR count). The summed E-state index contributed by atoms with van der Waals surface area (Å²) in [5.41, 5.74) is 1.93. The average molecular weight is 629 g/mol. The zero-order chi connectivity index (χ0) is 33.5. The van der Waals surface area contributed by atoms with Gasteiger partial charge in [0.05, 0.1) is 7.11 Å². The second kappa shape index (κ2) is 17.3. The molecule has 238 valence electrons. The predicted molar refractivity (Wildman–Crippen MR) is 168 cm³/mol.